The van der Waals surface area contributed by atoms with Gasteiger partial charge in [0.2, 0.25) is 0 Å². The fourth-order valence-electron chi connectivity index (χ4n) is 1.37. The van der Waals surface area contributed by atoms with E-state index in [-0.39, 0.29) is 12.4 Å². The summed E-state index contributed by atoms with van der Waals surface area (Å²) in [5.41, 5.74) is -0.00709. The van der Waals surface area contributed by atoms with Crippen LogP contribution in [0.2, 0.25) is 0 Å². The maximum atomic E-state index is 10.6. The van der Waals surface area contributed by atoms with Crippen LogP contribution in [0.3, 0.4) is 0 Å². The number of nitro groups is 2. The van der Waals surface area contributed by atoms with Crippen molar-refractivity contribution in [3.8, 4) is 0 Å². The standard InChI is InChI=1S/C6H5N5O4/c1-3-2-9-5(7-3)4(10(12)13)6(8-9)11(14)15/h2H2,1H3. The van der Waals surface area contributed by atoms with Crippen molar-refractivity contribution in [3.63, 3.8) is 0 Å². The number of aromatic nitrogens is 2. The van der Waals surface area contributed by atoms with Crippen molar-refractivity contribution >= 4 is 23.0 Å². The molecule has 0 N–H and O–H groups in total. The van der Waals surface area contributed by atoms with Crippen molar-refractivity contribution in [1.82, 2.24) is 9.78 Å². The lowest BCUT2D eigenvalue weighted by Gasteiger charge is -1.88. The van der Waals surface area contributed by atoms with Gasteiger partial charge in [0.25, 0.3) is 5.82 Å². The third kappa shape index (κ3) is 1.24. The zero-order chi connectivity index (χ0) is 11.2. The molecule has 0 saturated heterocycles. The molecule has 0 aromatic carbocycles. The van der Waals surface area contributed by atoms with Gasteiger partial charge in [-0.05, 0) is 11.8 Å². The topological polar surface area (TPSA) is 116 Å². The minimum Gasteiger partial charge on any atom is -0.358 e. The Morgan fingerprint density at radius 2 is 2.00 bits per heavy atom. The molecule has 9 heteroatoms. The monoisotopic (exact) mass is 211 g/mol. The van der Waals surface area contributed by atoms with Gasteiger partial charge in [-0.15, -0.1) is 4.68 Å². The Morgan fingerprint density at radius 1 is 1.33 bits per heavy atom. The van der Waals surface area contributed by atoms with Crippen LogP contribution in [0.4, 0.5) is 17.3 Å². The van der Waals surface area contributed by atoms with E-state index in [4.69, 9.17) is 0 Å². The van der Waals surface area contributed by atoms with E-state index in [1.807, 2.05) is 0 Å². The van der Waals surface area contributed by atoms with Crippen LogP contribution >= 0.6 is 0 Å². The summed E-state index contributed by atoms with van der Waals surface area (Å²) in [6.45, 7) is 1.92. The molecule has 0 atom stereocenters. The second kappa shape index (κ2) is 2.83. The highest BCUT2D eigenvalue weighted by molar-refractivity contribution is 5.89. The van der Waals surface area contributed by atoms with Gasteiger partial charge in [-0.2, -0.15) is 0 Å². The Morgan fingerprint density at radius 3 is 2.53 bits per heavy atom. The Hall–Kier alpha value is -2.32. The summed E-state index contributed by atoms with van der Waals surface area (Å²) >= 11 is 0. The van der Waals surface area contributed by atoms with Gasteiger partial charge in [-0.3, -0.25) is 10.1 Å². The molecule has 0 amide bonds. The molecule has 1 aromatic rings. The molecule has 0 aliphatic carbocycles. The lowest BCUT2D eigenvalue weighted by Crippen LogP contribution is -2.02. The molecular weight excluding hydrogens is 206 g/mol. The lowest BCUT2D eigenvalue weighted by atomic mass is 10.4. The molecule has 0 radical (unpaired) electrons. The maximum absolute atomic E-state index is 10.6. The first kappa shape index (κ1) is 9.24. The van der Waals surface area contributed by atoms with Crippen LogP contribution in [0.1, 0.15) is 6.92 Å². The van der Waals surface area contributed by atoms with E-state index < -0.39 is 21.4 Å². The van der Waals surface area contributed by atoms with Crippen molar-refractivity contribution in [3.05, 3.63) is 20.2 Å². The average Bonchev–Trinajstić information content (AvgIpc) is 2.58. The predicted molar refractivity (Wildman–Crippen MR) is 48.3 cm³/mol. The van der Waals surface area contributed by atoms with Crippen molar-refractivity contribution in [2.24, 2.45) is 4.99 Å². The molecule has 9 nitrogen and oxygen atoms in total. The highest BCUT2D eigenvalue weighted by atomic mass is 16.6. The molecule has 2 rings (SSSR count). The molecule has 15 heavy (non-hydrogen) atoms. The molecule has 78 valence electrons. The number of fused-ring (bicyclic) bond motifs is 1. The molecule has 0 spiro atoms. The molecular formula is C6H5N5O4. The summed E-state index contributed by atoms with van der Waals surface area (Å²) in [7, 11) is 0. The minimum atomic E-state index is -0.881. The minimum absolute atomic E-state index is 0.0517. The highest BCUT2D eigenvalue weighted by Crippen LogP contribution is 2.38. The van der Waals surface area contributed by atoms with Gasteiger partial charge in [0.05, 0.1) is 10.0 Å². The third-order valence-electron chi connectivity index (χ3n) is 1.91. The van der Waals surface area contributed by atoms with E-state index in [2.05, 4.69) is 10.1 Å². The van der Waals surface area contributed by atoms with Crippen molar-refractivity contribution in [2.75, 3.05) is 0 Å². The number of nitrogens with zero attached hydrogens (tertiary/aromatic N) is 5. The Labute approximate surface area is 82.3 Å². The quantitative estimate of drug-likeness (QED) is 0.529. The third-order valence-corrected chi connectivity index (χ3v) is 1.91. The smallest absolute Gasteiger partial charge is 0.358 e. The van der Waals surface area contributed by atoms with Crippen LogP contribution in [0, 0.1) is 20.2 Å². The van der Waals surface area contributed by atoms with Gasteiger partial charge in [-0.1, -0.05) is 0 Å². The Balaban J connectivity index is 2.67. The van der Waals surface area contributed by atoms with Crippen LogP contribution < -0.4 is 0 Å². The van der Waals surface area contributed by atoms with Gasteiger partial charge in [0.1, 0.15) is 6.54 Å². The summed E-state index contributed by atoms with van der Waals surface area (Å²) in [6, 6.07) is 0. The highest BCUT2D eigenvalue weighted by Gasteiger charge is 2.39. The maximum Gasteiger partial charge on any atom is 0.470 e. The number of hydrogen-bond acceptors (Lipinski definition) is 6. The van der Waals surface area contributed by atoms with Gasteiger partial charge in [0, 0.05) is 5.71 Å². The summed E-state index contributed by atoms with van der Waals surface area (Å²) < 4.78 is 1.16. The second-order valence-corrected chi connectivity index (χ2v) is 3.01. The zero-order valence-corrected chi connectivity index (χ0v) is 7.58. The summed E-state index contributed by atoms with van der Waals surface area (Å²) in [5.74, 6) is -0.810. The molecule has 2 heterocycles. The van der Waals surface area contributed by atoms with Crippen LogP contribution in [-0.4, -0.2) is 25.3 Å². The first-order chi connectivity index (χ1) is 7.00. The van der Waals surface area contributed by atoms with E-state index in [1.54, 1.807) is 6.92 Å². The molecule has 1 aromatic heterocycles. The summed E-state index contributed by atoms with van der Waals surface area (Å²) in [4.78, 5) is 23.3. The SMILES string of the molecule is CC1=Nc2c([N+](=O)[O-])c([N+](=O)[O-])nn2C1. The van der Waals surface area contributed by atoms with Gasteiger partial charge >= 0.3 is 11.5 Å². The van der Waals surface area contributed by atoms with E-state index in [0.29, 0.717) is 5.71 Å². The van der Waals surface area contributed by atoms with E-state index in [0.717, 1.165) is 4.68 Å². The van der Waals surface area contributed by atoms with Gasteiger partial charge < -0.3 is 10.1 Å². The van der Waals surface area contributed by atoms with Crippen LogP contribution in [0.5, 0.6) is 0 Å². The lowest BCUT2D eigenvalue weighted by molar-refractivity contribution is -0.424. The Kier molecular flexibility index (Phi) is 1.75. The number of hydrogen-bond donors (Lipinski definition) is 0. The fourth-order valence-corrected chi connectivity index (χ4v) is 1.37. The average molecular weight is 211 g/mol. The molecule has 0 unspecified atom stereocenters. The number of rotatable bonds is 2. The largest absolute Gasteiger partial charge is 0.470 e. The Bertz CT molecular complexity index is 502. The van der Waals surface area contributed by atoms with Gasteiger partial charge in [-0.25, -0.2) is 4.99 Å². The molecule has 1 aliphatic rings. The van der Waals surface area contributed by atoms with Crippen molar-refractivity contribution < 1.29 is 9.85 Å². The van der Waals surface area contributed by atoms with Crippen LogP contribution in [0.15, 0.2) is 4.99 Å². The van der Waals surface area contributed by atoms with E-state index in [1.165, 1.54) is 0 Å². The fraction of sp³-hybridized carbons (Fsp3) is 0.333. The molecule has 0 bridgehead atoms. The zero-order valence-electron chi connectivity index (χ0n) is 7.58. The van der Waals surface area contributed by atoms with Crippen molar-refractivity contribution in [2.45, 2.75) is 13.5 Å². The molecule has 0 fully saturated rings. The molecule has 0 saturated carbocycles. The summed E-state index contributed by atoms with van der Waals surface area (Å²) in [5, 5.41) is 24.6. The first-order valence-electron chi connectivity index (χ1n) is 3.94. The predicted octanol–water partition coefficient (Wildman–Crippen LogP) is 0.805. The summed E-state index contributed by atoms with van der Waals surface area (Å²) in [6.07, 6.45) is 0. The van der Waals surface area contributed by atoms with Crippen LogP contribution in [-0.2, 0) is 6.54 Å². The second-order valence-electron chi connectivity index (χ2n) is 3.01. The van der Waals surface area contributed by atoms with E-state index in [9.17, 15) is 20.2 Å². The van der Waals surface area contributed by atoms with E-state index >= 15 is 0 Å². The van der Waals surface area contributed by atoms with Crippen molar-refractivity contribution in [1.29, 1.82) is 0 Å². The normalized spacial score (nSPS) is 13.5. The number of aliphatic imine (C=N–C) groups is 1. The van der Waals surface area contributed by atoms with Crippen LogP contribution in [0.25, 0.3) is 0 Å². The first-order valence-corrected chi connectivity index (χ1v) is 3.94. The van der Waals surface area contributed by atoms with Gasteiger partial charge in [0.15, 0.2) is 0 Å². The molecule has 1 aliphatic heterocycles.